The van der Waals surface area contributed by atoms with Crippen molar-refractivity contribution in [3.05, 3.63) is 46.3 Å². The molecule has 8 heteroatoms. The lowest BCUT2D eigenvalue weighted by molar-refractivity contribution is 0.103. The fourth-order valence-electron chi connectivity index (χ4n) is 2.68. The first-order chi connectivity index (χ1) is 11.9. The number of hydrogen-bond donors (Lipinski definition) is 1. The number of nitrogens with one attached hydrogen (secondary N) is 1. The zero-order chi connectivity index (χ0) is 18.0. The van der Waals surface area contributed by atoms with Gasteiger partial charge in [-0.15, -0.1) is 11.3 Å². The minimum absolute atomic E-state index is 0.200. The summed E-state index contributed by atoms with van der Waals surface area (Å²) in [5.74, 6) is 0.179. The van der Waals surface area contributed by atoms with Gasteiger partial charge in [-0.25, -0.2) is 8.42 Å². The molecular formula is C17H19ClN2O3S2. The highest BCUT2D eigenvalue weighted by Crippen LogP contribution is 2.29. The van der Waals surface area contributed by atoms with Gasteiger partial charge in [-0.05, 0) is 43.0 Å². The Morgan fingerprint density at radius 2 is 1.88 bits per heavy atom. The second-order valence-corrected chi connectivity index (χ2v) is 9.80. The second kappa shape index (κ2) is 7.45. The van der Waals surface area contributed by atoms with E-state index >= 15 is 0 Å². The second-order valence-electron chi connectivity index (χ2n) is 6.14. The molecule has 1 aromatic heterocycles. The van der Waals surface area contributed by atoms with E-state index < -0.39 is 10.0 Å². The summed E-state index contributed by atoms with van der Waals surface area (Å²) in [4.78, 5) is 12.7. The van der Waals surface area contributed by atoms with Crippen LogP contribution in [0.4, 0.5) is 5.69 Å². The van der Waals surface area contributed by atoms with Gasteiger partial charge in [-0.3, -0.25) is 4.79 Å². The molecule has 3 rings (SSSR count). The topological polar surface area (TPSA) is 66.5 Å². The third-order valence-corrected chi connectivity index (χ3v) is 8.04. The van der Waals surface area contributed by atoms with Crippen LogP contribution in [0.25, 0.3) is 0 Å². The van der Waals surface area contributed by atoms with Crippen molar-refractivity contribution in [2.45, 2.75) is 24.0 Å². The minimum atomic E-state index is -3.53. The largest absolute Gasteiger partial charge is 0.320 e. The molecular weight excluding hydrogens is 380 g/mol. The molecule has 5 nitrogen and oxygen atoms in total. The molecule has 134 valence electrons. The smallest absolute Gasteiger partial charge is 0.265 e. The Hall–Kier alpha value is -1.41. The Bertz CT molecular complexity index is 872. The average Bonchev–Trinajstić information content (AvgIpc) is 3.08. The number of halogens is 1. The van der Waals surface area contributed by atoms with Gasteiger partial charge in [-0.1, -0.05) is 30.7 Å². The molecule has 1 N–H and O–H groups in total. The number of anilines is 1. The van der Waals surface area contributed by atoms with E-state index in [1.165, 1.54) is 16.4 Å². The molecule has 2 heterocycles. The van der Waals surface area contributed by atoms with Gasteiger partial charge < -0.3 is 5.32 Å². The van der Waals surface area contributed by atoms with Crippen molar-refractivity contribution in [2.75, 3.05) is 18.4 Å². The number of nitrogens with zero attached hydrogens (tertiary/aromatic N) is 1. The molecule has 25 heavy (non-hydrogen) atoms. The maximum absolute atomic E-state index is 12.7. The number of rotatable bonds is 4. The standard InChI is InChI=1S/C17H19ClN2O3S2/c1-12-8-10-20(11-9-12)25(22,23)16-7-6-15(24-16)17(21)19-14-5-3-2-4-13(14)18/h2-7,12H,8-11H2,1H3,(H,19,21). The highest BCUT2D eigenvalue weighted by Gasteiger charge is 2.29. The van der Waals surface area contributed by atoms with Gasteiger partial charge in [-0.2, -0.15) is 4.31 Å². The number of carbonyl (C=O) groups excluding carboxylic acids is 1. The van der Waals surface area contributed by atoms with E-state index in [1.54, 1.807) is 24.3 Å². The van der Waals surface area contributed by atoms with E-state index in [1.807, 2.05) is 0 Å². The van der Waals surface area contributed by atoms with E-state index in [-0.39, 0.29) is 10.1 Å². The number of para-hydroxylation sites is 1. The van der Waals surface area contributed by atoms with Crippen LogP contribution in [0.5, 0.6) is 0 Å². The summed E-state index contributed by atoms with van der Waals surface area (Å²) < 4.78 is 27.2. The van der Waals surface area contributed by atoms with Crippen LogP contribution in [0.1, 0.15) is 29.4 Å². The lowest BCUT2D eigenvalue weighted by Crippen LogP contribution is -2.37. The van der Waals surface area contributed by atoms with Gasteiger partial charge in [0.05, 0.1) is 15.6 Å². The van der Waals surface area contributed by atoms with Gasteiger partial charge in [0.25, 0.3) is 15.9 Å². The van der Waals surface area contributed by atoms with Crippen molar-refractivity contribution in [3.8, 4) is 0 Å². The van der Waals surface area contributed by atoms with Gasteiger partial charge in [0, 0.05) is 13.1 Å². The van der Waals surface area contributed by atoms with E-state index in [0.717, 1.165) is 24.2 Å². The van der Waals surface area contributed by atoms with E-state index in [2.05, 4.69) is 12.2 Å². The molecule has 1 aliphatic rings. The molecule has 2 aromatic rings. The molecule has 0 atom stereocenters. The summed E-state index contributed by atoms with van der Waals surface area (Å²) >= 11 is 7.02. The predicted molar refractivity (Wildman–Crippen MR) is 101 cm³/mol. The number of piperidine rings is 1. The first-order valence-corrected chi connectivity index (χ1v) is 10.7. The SMILES string of the molecule is CC1CCN(S(=O)(=O)c2ccc(C(=O)Nc3ccccc3Cl)s2)CC1. The van der Waals surface area contributed by atoms with Crippen LogP contribution in [0.15, 0.2) is 40.6 Å². The molecule has 0 aliphatic carbocycles. The molecule has 1 aromatic carbocycles. The number of benzene rings is 1. The molecule has 0 unspecified atom stereocenters. The molecule has 1 saturated heterocycles. The number of sulfonamides is 1. The van der Waals surface area contributed by atoms with Crippen LogP contribution in [0, 0.1) is 5.92 Å². The van der Waals surface area contributed by atoms with E-state index in [9.17, 15) is 13.2 Å². The fraction of sp³-hybridized carbons (Fsp3) is 0.353. The van der Waals surface area contributed by atoms with Crippen molar-refractivity contribution in [3.63, 3.8) is 0 Å². The lowest BCUT2D eigenvalue weighted by atomic mass is 10.0. The molecule has 0 bridgehead atoms. The monoisotopic (exact) mass is 398 g/mol. The molecule has 0 radical (unpaired) electrons. The summed E-state index contributed by atoms with van der Waals surface area (Å²) in [6.45, 7) is 3.19. The van der Waals surface area contributed by atoms with Crippen LogP contribution in [0.3, 0.4) is 0 Å². The highest BCUT2D eigenvalue weighted by molar-refractivity contribution is 7.91. The third kappa shape index (κ3) is 4.06. The molecule has 0 saturated carbocycles. The number of carbonyl (C=O) groups is 1. The Kier molecular flexibility index (Phi) is 5.48. The van der Waals surface area contributed by atoms with Crippen LogP contribution in [-0.4, -0.2) is 31.7 Å². The Balaban J connectivity index is 1.75. The Labute approximate surface area is 156 Å². The van der Waals surface area contributed by atoms with Gasteiger partial charge in [0.2, 0.25) is 0 Å². The Morgan fingerprint density at radius 3 is 2.56 bits per heavy atom. The van der Waals surface area contributed by atoms with Crippen LogP contribution in [-0.2, 0) is 10.0 Å². The normalized spacial score (nSPS) is 16.7. The summed E-state index contributed by atoms with van der Waals surface area (Å²) in [6, 6.07) is 9.95. The van der Waals surface area contributed by atoms with Crippen LogP contribution >= 0.6 is 22.9 Å². The van der Waals surface area contributed by atoms with Crippen molar-refractivity contribution in [2.24, 2.45) is 5.92 Å². The first kappa shape index (κ1) is 18.4. The van der Waals surface area contributed by atoms with Crippen molar-refractivity contribution >= 4 is 44.6 Å². The Morgan fingerprint density at radius 1 is 1.20 bits per heavy atom. The molecule has 1 amide bonds. The molecule has 1 fully saturated rings. The van der Waals surface area contributed by atoms with Gasteiger partial charge in [0.1, 0.15) is 4.21 Å². The van der Waals surface area contributed by atoms with Gasteiger partial charge in [0.15, 0.2) is 0 Å². The summed E-state index contributed by atoms with van der Waals surface area (Å²) in [6.07, 6.45) is 1.73. The first-order valence-electron chi connectivity index (χ1n) is 8.04. The summed E-state index contributed by atoms with van der Waals surface area (Å²) in [5.41, 5.74) is 0.497. The minimum Gasteiger partial charge on any atom is -0.320 e. The zero-order valence-corrected chi connectivity index (χ0v) is 16.1. The maximum Gasteiger partial charge on any atom is 0.265 e. The predicted octanol–water partition coefficient (Wildman–Crippen LogP) is 4.07. The summed E-state index contributed by atoms with van der Waals surface area (Å²) in [7, 11) is -3.53. The van der Waals surface area contributed by atoms with Crippen molar-refractivity contribution in [1.29, 1.82) is 0 Å². The van der Waals surface area contributed by atoms with Gasteiger partial charge >= 0.3 is 0 Å². The molecule has 0 spiro atoms. The van der Waals surface area contributed by atoms with E-state index in [4.69, 9.17) is 11.6 Å². The molecule has 1 aliphatic heterocycles. The number of hydrogen-bond acceptors (Lipinski definition) is 4. The number of thiophene rings is 1. The zero-order valence-electron chi connectivity index (χ0n) is 13.7. The third-order valence-electron chi connectivity index (χ3n) is 4.26. The van der Waals surface area contributed by atoms with E-state index in [0.29, 0.717) is 34.6 Å². The van der Waals surface area contributed by atoms with Crippen molar-refractivity contribution < 1.29 is 13.2 Å². The van der Waals surface area contributed by atoms with Crippen LogP contribution < -0.4 is 5.32 Å². The van der Waals surface area contributed by atoms with Crippen LogP contribution in [0.2, 0.25) is 5.02 Å². The number of amides is 1. The quantitative estimate of drug-likeness (QED) is 0.843. The lowest BCUT2D eigenvalue weighted by Gasteiger charge is -2.28. The highest BCUT2D eigenvalue weighted by atomic mass is 35.5. The summed E-state index contributed by atoms with van der Waals surface area (Å²) in [5, 5.41) is 3.14. The fourth-order valence-corrected chi connectivity index (χ4v) is 5.69. The average molecular weight is 399 g/mol. The maximum atomic E-state index is 12.7. The van der Waals surface area contributed by atoms with Crippen molar-refractivity contribution in [1.82, 2.24) is 4.31 Å².